The zero-order valence-electron chi connectivity index (χ0n) is 16.7. The first-order valence-electron chi connectivity index (χ1n) is 9.20. The normalized spacial score (nSPS) is 12.4. The molecule has 0 aliphatic rings. The van der Waals surface area contributed by atoms with Crippen LogP contribution in [0.3, 0.4) is 0 Å². The van der Waals surface area contributed by atoms with E-state index in [1.807, 2.05) is 12.1 Å². The topological polar surface area (TPSA) is 99.2 Å². The van der Waals surface area contributed by atoms with Crippen LogP contribution in [0.1, 0.15) is 45.1 Å². The highest BCUT2D eigenvalue weighted by Gasteiger charge is 2.34. The van der Waals surface area contributed by atoms with Crippen molar-refractivity contribution >= 4 is 17.0 Å². The van der Waals surface area contributed by atoms with Gasteiger partial charge in [0.2, 0.25) is 0 Å². The lowest BCUT2D eigenvalue weighted by molar-refractivity contribution is 0.0719. The number of carbonyl (C=O) groups is 1. The molecule has 2 aromatic carbocycles. The average Bonchev–Trinajstić information content (AvgIpc) is 2.66. The van der Waals surface area contributed by atoms with Crippen LogP contribution in [0.15, 0.2) is 53.3 Å². The van der Waals surface area contributed by atoms with Crippen molar-refractivity contribution in [3.63, 3.8) is 0 Å². The summed E-state index contributed by atoms with van der Waals surface area (Å²) < 4.78 is 1.40. The highest BCUT2D eigenvalue weighted by atomic mass is 16.4. The third-order valence-corrected chi connectivity index (χ3v) is 4.75. The summed E-state index contributed by atoms with van der Waals surface area (Å²) in [6, 6.07) is 15.1. The Morgan fingerprint density at radius 1 is 1.17 bits per heavy atom. The molecule has 3 rings (SSSR count). The van der Waals surface area contributed by atoms with E-state index in [2.05, 4.69) is 4.98 Å². The molecule has 0 aliphatic heterocycles. The fraction of sp³-hybridized carbons (Fsp3) is 0.273. The Balaban J connectivity index is 2.42. The smallest absolute Gasteiger partial charge is 0.408 e. The summed E-state index contributed by atoms with van der Waals surface area (Å²) >= 11 is 0. The molecular weight excluding hydrogens is 368 g/mol. The van der Waals surface area contributed by atoms with Gasteiger partial charge >= 0.3 is 6.09 Å². The van der Waals surface area contributed by atoms with Gasteiger partial charge in [-0.25, -0.2) is 9.78 Å². The van der Waals surface area contributed by atoms with Crippen LogP contribution in [0.4, 0.5) is 4.79 Å². The number of aromatic nitrogens is 2. The molecule has 1 amide bonds. The predicted octanol–water partition coefficient (Wildman–Crippen LogP) is 4.10. The van der Waals surface area contributed by atoms with Crippen molar-refractivity contribution in [2.45, 2.75) is 39.3 Å². The molecule has 0 radical (unpaired) electrons. The zero-order valence-corrected chi connectivity index (χ0v) is 16.7. The molecule has 1 unspecified atom stereocenters. The lowest BCUT2D eigenvalue weighted by Gasteiger charge is -2.38. The summed E-state index contributed by atoms with van der Waals surface area (Å²) in [5, 5.41) is 19.5. The maximum Gasteiger partial charge on any atom is 0.408 e. The van der Waals surface area contributed by atoms with Crippen molar-refractivity contribution < 1.29 is 9.90 Å². The van der Waals surface area contributed by atoms with Crippen molar-refractivity contribution in [1.29, 1.82) is 5.26 Å². The SMILES string of the molecule is CC(c1nc2cccc(C#N)c2c(=O)n1-c1ccccc1)N(C(=O)O)C(C)(C)C. The molecule has 1 heterocycles. The van der Waals surface area contributed by atoms with Gasteiger partial charge in [0, 0.05) is 5.54 Å². The van der Waals surface area contributed by atoms with E-state index >= 15 is 0 Å². The van der Waals surface area contributed by atoms with Gasteiger partial charge in [-0.05, 0) is 52.0 Å². The molecule has 3 aromatic rings. The highest BCUT2D eigenvalue weighted by Crippen LogP contribution is 2.29. The number of fused-ring (bicyclic) bond motifs is 1. The minimum atomic E-state index is -1.11. The van der Waals surface area contributed by atoms with Gasteiger partial charge in [0.1, 0.15) is 11.9 Å². The van der Waals surface area contributed by atoms with Crippen molar-refractivity contribution in [1.82, 2.24) is 14.5 Å². The lowest BCUT2D eigenvalue weighted by Crippen LogP contribution is -2.47. The molecule has 0 saturated heterocycles. The first-order chi connectivity index (χ1) is 13.7. The second-order valence-corrected chi connectivity index (χ2v) is 7.76. The largest absolute Gasteiger partial charge is 0.465 e. The van der Waals surface area contributed by atoms with Crippen LogP contribution < -0.4 is 5.56 Å². The fourth-order valence-electron chi connectivity index (χ4n) is 3.60. The Labute approximate surface area is 168 Å². The minimum absolute atomic E-state index is 0.215. The van der Waals surface area contributed by atoms with Gasteiger partial charge in [0.15, 0.2) is 0 Å². The third kappa shape index (κ3) is 3.57. The lowest BCUT2D eigenvalue weighted by atomic mass is 10.0. The summed E-state index contributed by atoms with van der Waals surface area (Å²) in [6.07, 6.45) is -1.11. The van der Waals surface area contributed by atoms with Crippen molar-refractivity contribution in [2.24, 2.45) is 0 Å². The van der Waals surface area contributed by atoms with Gasteiger partial charge in [0.25, 0.3) is 5.56 Å². The van der Waals surface area contributed by atoms with Crippen LogP contribution in [0.2, 0.25) is 0 Å². The number of nitrogens with zero attached hydrogens (tertiary/aromatic N) is 4. The second kappa shape index (κ2) is 7.40. The standard InChI is InChI=1S/C22H22N4O3/c1-14(26(21(28)29)22(2,3)4)19-24-17-12-8-9-15(13-23)18(17)20(27)25(19)16-10-6-5-7-11-16/h5-12,14H,1-4H3,(H,28,29). The summed E-state index contributed by atoms with van der Waals surface area (Å²) in [5.41, 5.74) is 0.0332. The molecule has 0 aliphatic carbocycles. The Hall–Kier alpha value is -3.66. The predicted molar refractivity (Wildman–Crippen MR) is 110 cm³/mol. The molecule has 1 atom stereocenters. The summed E-state index contributed by atoms with van der Waals surface area (Å²) in [5.74, 6) is 0.293. The van der Waals surface area contributed by atoms with Crippen LogP contribution >= 0.6 is 0 Å². The number of hydrogen-bond acceptors (Lipinski definition) is 4. The van der Waals surface area contributed by atoms with Crippen LogP contribution in [0.5, 0.6) is 0 Å². The summed E-state index contributed by atoms with van der Waals surface area (Å²) in [6.45, 7) is 7.08. The van der Waals surface area contributed by atoms with Gasteiger partial charge in [0.05, 0.1) is 28.2 Å². The van der Waals surface area contributed by atoms with Crippen molar-refractivity contribution in [2.75, 3.05) is 0 Å². The molecule has 0 fully saturated rings. The number of rotatable bonds is 3. The van der Waals surface area contributed by atoms with Gasteiger partial charge in [-0.3, -0.25) is 14.3 Å². The van der Waals surface area contributed by atoms with E-state index in [-0.39, 0.29) is 10.9 Å². The van der Waals surface area contributed by atoms with Crippen LogP contribution in [0.25, 0.3) is 16.6 Å². The Bertz CT molecular complexity index is 1170. The second-order valence-electron chi connectivity index (χ2n) is 7.76. The molecule has 29 heavy (non-hydrogen) atoms. The Morgan fingerprint density at radius 2 is 1.83 bits per heavy atom. The molecule has 7 heteroatoms. The summed E-state index contributed by atoms with van der Waals surface area (Å²) in [7, 11) is 0. The van der Waals surface area contributed by atoms with E-state index < -0.39 is 23.2 Å². The molecule has 0 saturated carbocycles. The number of benzene rings is 2. The molecule has 1 aromatic heterocycles. The van der Waals surface area contributed by atoms with Crippen LogP contribution in [-0.2, 0) is 0 Å². The Morgan fingerprint density at radius 3 is 2.38 bits per heavy atom. The van der Waals surface area contributed by atoms with E-state index in [1.54, 1.807) is 70.2 Å². The van der Waals surface area contributed by atoms with Crippen LogP contribution in [-0.4, -0.2) is 31.2 Å². The van der Waals surface area contributed by atoms with Crippen molar-refractivity contribution in [3.05, 3.63) is 70.3 Å². The van der Waals surface area contributed by atoms with Gasteiger partial charge in [-0.2, -0.15) is 5.26 Å². The maximum atomic E-state index is 13.5. The Kier molecular flexibility index (Phi) is 5.12. The maximum absolute atomic E-state index is 13.5. The number of amides is 1. The first-order valence-corrected chi connectivity index (χ1v) is 9.20. The molecule has 1 N–H and O–H groups in total. The van der Waals surface area contributed by atoms with E-state index in [0.717, 1.165) is 0 Å². The molecule has 0 bridgehead atoms. The molecular formula is C22H22N4O3. The van der Waals surface area contributed by atoms with Gasteiger partial charge in [-0.1, -0.05) is 24.3 Å². The van der Waals surface area contributed by atoms with E-state index in [1.165, 1.54) is 9.47 Å². The van der Waals surface area contributed by atoms with E-state index in [0.29, 0.717) is 17.0 Å². The zero-order chi connectivity index (χ0) is 21.3. The minimum Gasteiger partial charge on any atom is -0.465 e. The van der Waals surface area contributed by atoms with E-state index in [4.69, 9.17) is 0 Å². The van der Waals surface area contributed by atoms with E-state index in [9.17, 15) is 20.0 Å². The highest BCUT2D eigenvalue weighted by molar-refractivity contribution is 5.84. The van der Waals surface area contributed by atoms with Gasteiger partial charge < -0.3 is 5.11 Å². The van der Waals surface area contributed by atoms with Crippen LogP contribution in [0, 0.1) is 11.3 Å². The average molecular weight is 390 g/mol. The quantitative estimate of drug-likeness (QED) is 0.726. The monoisotopic (exact) mass is 390 g/mol. The van der Waals surface area contributed by atoms with Gasteiger partial charge in [-0.15, -0.1) is 0 Å². The molecule has 148 valence electrons. The number of carboxylic acid groups (broad SMARTS) is 1. The fourth-order valence-corrected chi connectivity index (χ4v) is 3.60. The molecule has 0 spiro atoms. The third-order valence-electron chi connectivity index (χ3n) is 4.75. The van der Waals surface area contributed by atoms with Crippen molar-refractivity contribution in [3.8, 4) is 11.8 Å². The number of nitriles is 1. The number of hydrogen-bond donors (Lipinski definition) is 1. The number of para-hydroxylation sites is 1. The molecule has 7 nitrogen and oxygen atoms in total. The first kappa shape index (κ1) is 20.1. The summed E-state index contributed by atoms with van der Waals surface area (Å²) in [4.78, 5) is 31.4.